The van der Waals surface area contributed by atoms with Crippen LogP contribution in [0, 0.1) is 10.8 Å². The molecule has 1 aliphatic carbocycles. The minimum atomic E-state index is -0.633. The molecule has 6 unspecified atom stereocenters. The molecule has 4 rings (SSSR count). The molecule has 3 aliphatic heterocycles. The number of ketones is 2. The molecule has 3 saturated heterocycles. The molecule has 0 aromatic carbocycles. The van der Waals surface area contributed by atoms with Crippen LogP contribution in [0.15, 0.2) is 0 Å². The fourth-order valence-electron chi connectivity index (χ4n) is 3.87. The molecule has 4 aliphatic rings. The Kier molecular flexibility index (Phi) is 1.07. The molecule has 0 N–H and O–H groups in total. The summed E-state index contributed by atoms with van der Waals surface area (Å²) >= 11 is 0. The van der Waals surface area contributed by atoms with E-state index in [0.717, 1.165) is 0 Å². The summed E-state index contributed by atoms with van der Waals surface area (Å²) in [5.41, 5.74) is -1.27. The molecule has 0 spiro atoms. The largest absolute Gasteiger partial charge is 0.367 e. The molecule has 6 atom stereocenters. The molecule has 2 bridgehead atoms. The van der Waals surface area contributed by atoms with E-state index >= 15 is 0 Å². The van der Waals surface area contributed by atoms with Gasteiger partial charge in [0.2, 0.25) is 0 Å². The molecule has 0 aromatic rings. The van der Waals surface area contributed by atoms with Crippen molar-refractivity contribution < 1.29 is 19.1 Å². The summed E-state index contributed by atoms with van der Waals surface area (Å²) in [7, 11) is 0. The van der Waals surface area contributed by atoms with Crippen LogP contribution in [0.2, 0.25) is 0 Å². The average molecular weight is 208 g/mol. The van der Waals surface area contributed by atoms with Crippen molar-refractivity contribution in [3.63, 3.8) is 0 Å². The van der Waals surface area contributed by atoms with Gasteiger partial charge in [0.05, 0.1) is 17.3 Å². The van der Waals surface area contributed by atoms with E-state index in [1.165, 1.54) is 0 Å². The maximum absolute atomic E-state index is 12.0. The van der Waals surface area contributed by atoms with E-state index < -0.39 is 10.8 Å². The van der Waals surface area contributed by atoms with Gasteiger partial charge in [-0.1, -0.05) is 0 Å². The van der Waals surface area contributed by atoms with E-state index in [0.29, 0.717) is 0 Å². The first-order valence-electron chi connectivity index (χ1n) is 5.39. The minimum absolute atomic E-state index is 0.0384. The van der Waals surface area contributed by atoms with Crippen molar-refractivity contribution in [2.75, 3.05) is 0 Å². The second-order valence-electron chi connectivity index (χ2n) is 5.47. The number of carbonyl (C=O) groups is 2. The van der Waals surface area contributed by atoms with Gasteiger partial charge in [-0.25, -0.2) is 0 Å². The van der Waals surface area contributed by atoms with E-state index in [1.54, 1.807) is 0 Å². The van der Waals surface area contributed by atoms with Crippen LogP contribution in [0.25, 0.3) is 0 Å². The van der Waals surface area contributed by atoms with Crippen LogP contribution >= 0.6 is 0 Å². The molecule has 0 radical (unpaired) electrons. The molecule has 1 saturated carbocycles. The zero-order valence-electron chi connectivity index (χ0n) is 8.65. The van der Waals surface area contributed by atoms with E-state index in [2.05, 4.69) is 0 Å². The van der Waals surface area contributed by atoms with Crippen molar-refractivity contribution in [2.45, 2.75) is 44.7 Å². The zero-order valence-corrected chi connectivity index (χ0v) is 8.65. The highest BCUT2D eigenvalue weighted by molar-refractivity contribution is 6.14. The number of epoxide rings is 1. The van der Waals surface area contributed by atoms with Crippen molar-refractivity contribution in [2.24, 2.45) is 10.8 Å². The maximum Gasteiger partial charge on any atom is 0.149 e. The van der Waals surface area contributed by atoms with Crippen molar-refractivity contribution >= 4 is 11.6 Å². The highest BCUT2D eigenvalue weighted by atomic mass is 16.7. The molecule has 4 fully saturated rings. The van der Waals surface area contributed by atoms with Gasteiger partial charge in [-0.2, -0.15) is 0 Å². The summed E-state index contributed by atoms with van der Waals surface area (Å²) in [5.74, 6) is 0.0768. The van der Waals surface area contributed by atoms with Gasteiger partial charge in [-0.15, -0.1) is 0 Å². The molecule has 15 heavy (non-hydrogen) atoms. The number of hydrogen-bond acceptors (Lipinski definition) is 4. The lowest BCUT2D eigenvalue weighted by Gasteiger charge is -2.36. The molecule has 4 nitrogen and oxygen atoms in total. The second kappa shape index (κ2) is 1.92. The quantitative estimate of drug-likeness (QED) is 0.418. The summed E-state index contributed by atoms with van der Waals surface area (Å²) in [4.78, 5) is 24.0. The Balaban J connectivity index is 1.97. The summed E-state index contributed by atoms with van der Waals surface area (Å²) in [5, 5.41) is 0. The van der Waals surface area contributed by atoms with Gasteiger partial charge in [0.1, 0.15) is 36.0 Å². The number of ether oxygens (including phenoxy) is 2. The summed E-state index contributed by atoms with van der Waals surface area (Å²) in [6.45, 7) is 3.76. The summed E-state index contributed by atoms with van der Waals surface area (Å²) < 4.78 is 11.3. The van der Waals surface area contributed by atoms with Gasteiger partial charge >= 0.3 is 0 Å². The van der Waals surface area contributed by atoms with E-state index in [-0.39, 0.29) is 42.4 Å². The Hall–Kier alpha value is -0.740. The van der Waals surface area contributed by atoms with Gasteiger partial charge in [0.15, 0.2) is 0 Å². The molecular weight excluding hydrogens is 196 g/mol. The molecule has 4 heteroatoms. The third-order valence-electron chi connectivity index (χ3n) is 5.15. The van der Waals surface area contributed by atoms with E-state index in [4.69, 9.17) is 9.47 Å². The highest BCUT2D eigenvalue weighted by Gasteiger charge is 2.83. The van der Waals surface area contributed by atoms with Gasteiger partial charge in [-0.3, -0.25) is 9.59 Å². The standard InChI is InChI=1S/C11H12O4/c1-10-4(12)3-5(13)11(10,2)9-7-6(14-7)8(10)15-9/h6-9H,3H2,1-2H3. The number of Topliss-reactive ketones (excluding diaryl/α,β-unsaturated/α-hetero) is 2. The van der Waals surface area contributed by atoms with Crippen molar-refractivity contribution in [3.8, 4) is 0 Å². The monoisotopic (exact) mass is 208 g/mol. The van der Waals surface area contributed by atoms with Crippen molar-refractivity contribution in [1.82, 2.24) is 0 Å². The minimum Gasteiger partial charge on any atom is -0.367 e. The third-order valence-corrected chi connectivity index (χ3v) is 5.15. The van der Waals surface area contributed by atoms with Crippen LogP contribution in [0.4, 0.5) is 0 Å². The van der Waals surface area contributed by atoms with Crippen LogP contribution in [-0.4, -0.2) is 36.0 Å². The summed E-state index contributed by atoms with van der Waals surface area (Å²) in [6, 6.07) is 0. The highest BCUT2D eigenvalue weighted by Crippen LogP contribution is 2.68. The Bertz CT molecular complexity index is 381. The predicted molar refractivity (Wildman–Crippen MR) is 48.2 cm³/mol. The number of fused-ring (bicyclic) bond motifs is 8. The van der Waals surface area contributed by atoms with Crippen LogP contribution < -0.4 is 0 Å². The zero-order chi connectivity index (χ0) is 10.6. The molecular formula is C11H12O4. The molecule has 0 aromatic heterocycles. The Morgan fingerprint density at radius 1 is 1.00 bits per heavy atom. The number of carbonyl (C=O) groups excluding carboxylic acids is 2. The molecule has 3 heterocycles. The van der Waals surface area contributed by atoms with Gasteiger partial charge < -0.3 is 9.47 Å². The van der Waals surface area contributed by atoms with Gasteiger partial charge in [0, 0.05) is 0 Å². The molecule has 0 amide bonds. The van der Waals surface area contributed by atoms with Crippen molar-refractivity contribution in [1.29, 1.82) is 0 Å². The summed E-state index contributed by atoms with van der Waals surface area (Å²) in [6.07, 6.45) is -0.137. The first-order valence-corrected chi connectivity index (χ1v) is 5.39. The first-order chi connectivity index (χ1) is 7.01. The van der Waals surface area contributed by atoms with Gasteiger partial charge in [-0.05, 0) is 13.8 Å². The molecule has 80 valence electrons. The smallest absolute Gasteiger partial charge is 0.149 e. The topological polar surface area (TPSA) is 55.9 Å². The van der Waals surface area contributed by atoms with Crippen LogP contribution in [0.3, 0.4) is 0 Å². The second-order valence-corrected chi connectivity index (χ2v) is 5.47. The lowest BCUT2D eigenvalue weighted by Crippen LogP contribution is -2.51. The number of rotatable bonds is 0. The fourth-order valence-corrected chi connectivity index (χ4v) is 3.87. The lowest BCUT2D eigenvalue weighted by atomic mass is 9.59. The van der Waals surface area contributed by atoms with Crippen LogP contribution in [-0.2, 0) is 19.1 Å². The van der Waals surface area contributed by atoms with Crippen LogP contribution in [0.5, 0.6) is 0 Å². The Labute approximate surface area is 86.9 Å². The third kappa shape index (κ3) is 0.571. The SMILES string of the molecule is CC12C(=O)CC(=O)C1(C)C1OC2C2OC21. The Morgan fingerprint density at radius 3 is 1.93 bits per heavy atom. The van der Waals surface area contributed by atoms with E-state index in [1.807, 2.05) is 13.8 Å². The lowest BCUT2D eigenvalue weighted by molar-refractivity contribution is -0.132. The van der Waals surface area contributed by atoms with Crippen molar-refractivity contribution in [3.05, 3.63) is 0 Å². The Morgan fingerprint density at radius 2 is 1.47 bits per heavy atom. The predicted octanol–water partition coefficient (Wildman–Crippen LogP) is 0.0893. The number of hydrogen-bond donors (Lipinski definition) is 0. The maximum atomic E-state index is 12.0. The van der Waals surface area contributed by atoms with E-state index in [9.17, 15) is 9.59 Å². The fraction of sp³-hybridized carbons (Fsp3) is 0.818. The normalized spacial score (nSPS) is 64.7. The van der Waals surface area contributed by atoms with Gasteiger partial charge in [0.25, 0.3) is 0 Å². The van der Waals surface area contributed by atoms with Crippen LogP contribution in [0.1, 0.15) is 20.3 Å². The average Bonchev–Trinajstić information content (AvgIpc) is 2.79. The first kappa shape index (κ1) is 8.42.